The van der Waals surface area contributed by atoms with Gasteiger partial charge in [0, 0.05) is 10.6 Å². The van der Waals surface area contributed by atoms with Crippen LogP contribution in [0, 0.1) is 0 Å². The maximum atomic E-state index is 12.5. The van der Waals surface area contributed by atoms with Gasteiger partial charge < -0.3 is 25.2 Å². The van der Waals surface area contributed by atoms with E-state index in [1.165, 1.54) is 7.11 Å². The van der Waals surface area contributed by atoms with Crippen molar-refractivity contribution >= 4 is 28.8 Å². The van der Waals surface area contributed by atoms with E-state index in [0.29, 0.717) is 4.90 Å². The number of ether oxygens (including phenoxy) is 2. The molecule has 0 saturated heterocycles. The van der Waals surface area contributed by atoms with E-state index in [1.807, 2.05) is 6.07 Å². The molecule has 0 fully saturated rings. The number of hydrogen-bond acceptors (Lipinski definition) is 7. The van der Waals surface area contributed by atoms with Crippen LogP contribution in [0.4, 0.5) is 4.79 Å². The van der Waals surface area contributed by atoms with Crippen LogP contribution in [0.15, 0.2) is 65.6 Å². The summed E-state index contributed by atoms with van der Waals surface area (Å²) in [5.41, 5.74) is 0.754. The summed E-state index contributed by atoms with van der Waals surface area (Å²) in [5.74, 6) is -1.43. The van der Waals surface area contributed by atoms with Crippen molar-refractivity contribution in [3.05, 3.63) is 66.2 Å². The predicted molar refractivity (Wildman–Crippen MR) is 117 cm³/mol. The number of amides is 2. The summed E-state index contributed by atoms with van der Waals surface area (Å²) in [7, 11) is -0.213. The van der Waals surface area contributed by atoms with E-state index < -0.39 is 47.5 Å². The number of rotatable bonds is 11. The Morgan fingerprint density at radius 3 is 2.19 bits per heavy atom. The molecule has 0 heterocycles. The highest BCUT2D eigenvalue weighted by Crippen LogP contribution is 2.09. The van der Waals surface area contributed by atoms with Crippen LogP contribution in [0.25, 0.3) is 0 Å². The van der Waals surface area contributed by atoms with E-state index in [4.69, 9.17) is 9.47 Å². The molecule has 0 spiro atoms. The number of alkyl carbamates (subject to hydrolysis) is 1. The van der Waals surface area contributed by atoms with E-state index in [0.717, 1.165) is 5.56 Å². The van der Waals surface area contributed by atoms with Crippen LogP contribution < -0.4 is 10.6 Å². The number of aliphatic hydroxyl groups is 1. The quantitative estimate of drug-likeness (QED) is 0.427. The van der Waals surface area contributed by atoms with Crippen molar-refractivity contribution in [1.82, 2.24) is 10.6 Å². The molecule has 3 atom stereocenters. The lowest BCUT2D eigenvalue weighted by molar-refractivity contribution is -0.145. The molecule has 0 aliphatic carbocycles. The first-order chi connectivity index (χ1) is 15.4. The molecule has 0 saturated carbocycles. The number of esters is 1. The fourth-order valence-electron chi connectivity index (χ4n) is 2.68. The molecule has 0 unspecified atom stereocenters. The minimum Gasteiger partial charge on any atom is -0.467 e. The zero-order valence-electron chi connectivity index (χ0n) is 17.6. The summed E-state index contributed by atoms with van der Waals surface area (Å²) in [6.45, 7) is -0.724. The fraction of sp³-hybridized carbons (Fsp3) is 0.318. The summed E-state index contributed by atoms with van der Waals surface area (Å²) in [4.78, 5) is 37.2. The first kappa shape index (κ1) is 25.0. The zero-order chi connectivity index (χ0) is 23.3. The van der Waals surface area contributed by atoms with Gasteiger partial charge in [0.05, 0.1) is 24.5 Å². The highest BCUT2D eigenvalue weighted by atomic mass is 32.2. The van der Waals surface area contributed by atoms with Crippen molar-refractivity contribution in [3.8, 4) is 0 Å². The summed E-state index contributed by atoms with van der Waals surface area (Å²) in [6.07, 6.45) is -0.862. The zero-order valence-corrected chi connectivity index (χ0v) is 18.4. The van der Waals surface area contributed by atoms with Gasteiger partial charge in [0.1, 0.15) is 18.7 Å². The van der Waals surface area contributed by atoms with Crippen LogP contribution in [-0.2, 0) is 36.5 Å². The van der Waals surface area contributed by atoms with Crippen molar-refractivity contribution in [3.63, 3.8) is 0 Å². The van der Waals surface area contributed by atoms with Crippen molar-refractivity contribution in [2.45, 2.75) is 30.0 Å². The minimum absolute atomic E-state index is 0.0114. The normalized spacial score (nSPS) is 13.3. The van der Waals surface area contributed by atoms with E-state index in [1.54, 1.807) is 54.6 Å². The van der Waals surface area contributed by atoms with E-state index in [9.17, 15) is 23.7 Å². The number of benzene rings is 2. The molecule has 2 amide bonds. The SMILES string of the molecule is COC(=O)[C@@H](CC[S@@](=O)c1ccccc1)NC(=O)[C@H](CO)NC(=O)OCc1ccccc1. The predicted octanol–water partition coefficient (Wildman–Crippen LogP) is 1.13. The smallest absolute Gasteiger partial charge is 0.408 e. The van der Waals surface area contributed by atoms with Crippen LogP contribution in [-0.4, -0.2) is 58.8 Å². The Morgan fingerprint density at radius 1 is 0.969 bits per heavy atom. The van der Waals surface area contributed by atoms with Crippen molar-refractivity contribution < 1.29 is 33.2 Å². The average molecular weight is 463 g/mol. The lowest BCUT2D eigenvalue weighted by Crippen LogP contribution is -2.53. The summed E-state index contributed by atoms with van der Waals surface area (Å²) in [5, 5.41) is 14.2. The first-order valence-corrected chi connectivity index (χ1v) is 11.2. The molecule has 0 aliphatic heterocycles. The molecule has 0 bridgehead atoms. The minimum atomic E-state index is -1.38. The second-order valence-corrected chi connectivity index (χ2v) is 8.25. The third-order valence-electron chi connectivity index (χ3n) is 4.40. The largest absolute Gasteiger partial charge is 0.467 e. The molecule has 0 radical (unpaired) electrons. The molecule has 3 N–H and O–H groups in total. The molecule has 2 aromatic rings. The second-order valence-electron chi connectivity index (χ2n) is 6.68. The molecule has 9 nitrogen and oxygen atoms in total. The van der Waals surface area contributed by atoms with Gasteiger partial charge in [0.25, 0.3) is 0 Å². The highest BCUT2D eigenvalue weighted by molar-refractivity contribution is 7.85. The Hall–Kier alpha value is -3.24. The van der Waals surface area contributed by atoms with Gasteiger partial charge in [-0.3, -0.25) is 9.00 Å². The molecule has 32 heavy (non-hydrogen) atoms. The lowest BCUT2D eigenvalue weighted by atomic mass is 10.2. The van der Waals surface area contributed by atoms with Gasteiger partial charge in [-0.05, 0) is 24.1 Å². The maximum Gasteiger partial charge on any atom is 0.408 e. The third-order valence-corrected chi connectivity index (χ3v) is 5.81. The molecule has 2 rings (SSSR count). The molecule has 10 heteroatoms. The van der Waals surface area contributed by atoms with Crippen molar-refractivity contribution in [1.29, 1.82) is 0 Å². The standard InChI is InChI=1S/C22H26N2O7S/c1-30-21(27)18(12-13-32(29)17-10-6-3-7-11-17)23-20(26)19(14-25)24-22(28)31-15-16-8-4-2-5-9-16/h2-11,18-19,25H,12-15H2,1H3,(H,23,26)(H,24,28)/t18-,19+,32-/m1/s1. The van der Waals surface area contributed by atoms with Crippen LogP contribution in [0.3, 0.4) is 0 Å². The van der Waals surface area contributed by atoms with Crippen LogP contribution in [0.2, 0.25) is 0 Å². The number of nitrogens with one attached hydrogen (secondary N) is 2. The van der Waals surface area contributed by atoms with Crippen LogP contribution in [0.1, 0.15) is 12.0 Å². The van der Waals surface area contributed by atoms with E-state index in [2.05, 4.69) is 10.6 Å². The van der Waals surface area contributed by atoms with Gasteiger partial charge in [-0.15, -0.1) is 0 Å². The molecule has 0 aliphatic rings. The van der Waals surface area contributed by atoms with E-state index >= 15 is 0 Å². The molecular formula is C22H26N2O7S. The van der Waals surface area contributed by atoms with Gasteiger partial charge in [0.2, 0.25) is 5.91 Å². The third kappa shape index (κ3) is 8.12. The average Bonchev–Trinajstić information content (AvgIpc) is 2.84. The first-order valence-electron chi connectivity index (χ1n) is 9.84. The molecular weight excluding hydrogens is 436 g/mol. The van der Waals surface area contributed by atoms with Gasteiger partial charge in [0.15, 0.2) is 0 Å². The Bertz CT molecular complexity index is 909. The highest BCUT2D eigenvalue weighted by Gasteiger charge is 2.27. The maximum absolute atomic E-state index is 12.5. The van der Waals surface area contributed by atoms with Gasteiger partial charge in [-0.2, -0.15) is 0 Å². The Morgan fingerprint density at radius 2 is 1.59 bits per heavy atom. The summed E-state index contributed by atoms with van der Waals surface area (Å²) >= 11 is 0. The molecule has 0 aromatic heterocycles. The van der Waals surface area contributed by atoms with Crippen molar-refractivity contribution in [2.24, 2.45) is 0 Å². The second kappa shape index (κ2) is 13.2. The van der Waals surface area contributed by atoms with Crippen molar-refractivity contribution in [2.75, 3.05) is 19.5 Å². The Kier molecular flexibility index (Phi) is 10.3. The topological polar surface area (TPSA) is 131 Å². The lowest BCUT2D eigenvalue weighted by Gasteiger charge is -2.21. The van der Waals surface area contributed by atoms with Gasteiger partial charge in [-0.25, -0.2) is 9.59 Å². The summed E-state index contributed by atoms with van der Waals surface area (Å²) < 4.78 is 22.1. The number of hydrogen-bond donors (Lipinski definition) is 3. The van der Waals surface area contributed by atoms with Gasteiger partial charge in [-0.1, -0.05) is 48.5 Å². The number of aliphatic hydroxyl groups excluding tert-OH is 1. The summed E-state index contributed by atoms with van der Waals surface area (Å²) in [6, 6.07) is 15.2. The monoisotopic (exact) mass is 462 g/mol. The van der Waals surface area contributed by atoms with Gasteiger partial charge >= 0.3 is 12.1 Å². The Labute approximate surface area is 188 Å². The number of carbonyl (C=O) groups excluding carboxylic acids is 3. The molecule has 2 aromatic carbocycles. The Balaban J connectivity index is 1.90. The number of methoxy groups -OCH3 is 1. The molecule has 172 valence electrons. The van der Waals surface area contributed by atoms with Crippen LogP contribution in [0.5, 0.6) is 0 Å². The fourth-order valence-corrected chi connectivity index (χ4v) is 3.83. The van der Waals surface area contributed by atoms with Crippen LogP contribution >= 0.6 is 0 Å². The van der Waals surface area contributed by atoms with E-state index in [-0.39, 0.29) is 18.8 Å². The number of carbonyl (C=O) groups is 3.